The average Bonchev–Trinajstić information content (AvgIpc) is 2.85. The highest BCUT2D eigenvalue weighted by Gasteiger charge is 2.16. The zero-order valence-corrected chi connectivity index (χ0v) is 10.3. The molecule has 0 fully saturated rings. The molecule has 3 rings (SSSR count). The van der Waals surface area contributed by atoms with Crippen LogP contribution >= 0.6 is 11.6 Å². The molecule has 1 amide bonds. The Labute approximate surface area is 113 Å². The highest BCUT2D eigenvalue weighted by Crippen LogP contribution is 2.32. The molecule has 19 heavy (non-hydrogen) atoms. The predicted molar refractivity (Wildman–Crippen MR) is 67.6 cm³/mol. The van der Waals surface area contributed by atoms with Gasteiger partial charge in [-0.15, -0.1) is 0 Å². The van der Waals surface area contributed by atoms with Crippen LogP contribution < -0.4 is 14.8 Å². The number of ether oxygens (including phenoxy) is 2. The number of carbonyl (C=O) groups is 1. The number of fused-ring (bicyclic) bond motifs is 1. The van der Waals surface area contributed by atoms with Gasteiger partial charge in [0.05, 0.1) is 12.4 Å². The van der Waals surface area contributed by atoms with Gasteiger partial charge in [-0.3, -0.25) is 9.78 Å². The number of rotatable bonds is 2. The average molecular weight is 278 g/mol. The largest absolute Gasteiger partial charge is 0.454 e. The number of halogens is 1. The van der Waals surface area contributed by atoms with E-state index in [2.05, 4.69) is 15.3 Å². The van der Waals surface area contributed by atoms with E-state index in [0.717, 1.165) is 0 Å². The molecular weight excluding hydrogens is 270 g/mol. The lowest BCUT2D eigenvalue weighted by Crippen LogP contribution is -2.13. The highest BCUT2D eigenvalue weighted by molar-refractivity contribution is 6.29. The van der Waals surface area contributed by atoms with Crippen molar-refractivity contribution in [2.24, 2.45) is 0 Å². The number of hydrogen-bond acceptors (Lipinski definition) is 5. The molecule has 0 aliphatic carbocycles. The second-order valence-electron chi connectivity index (χ2n) is 3.75. The normalized spacial score (nSPS) is 12.3. The van der Waals surface area contributed by atoms with E-state index in [1.807, 2.05) is 0 Å². The van der Waals surface area contributed by atoms with Crippen molar-refractivity contribution in [2.45, 2.75) is 0 Å². The van der Waals surface area contributed by atoms with Crippen molar-refractivity contribution in [3.8, 4) is 11.5 Å². The third-order valence-electron chi connectivity index (χ3n) is 2.48. The van der Waals surface area contributed by atoms with Crippen LogP contribution in [0.1, 0.15) is 10.4 Å². The Balaban J connectivity index is 1.81. The summed E-state index contributed by atoms with van der Waals surface area (Å²) < 4.78 is 10.4. The summed E-state index contributed by atoms with van der Waals surface area (Å²) in [7, 11) is 0. The fourth-order valence-corrected chi connectivity index (χ4v) is 1.78. The molecule has 0 radical (unpaired) electrons. The molecule has 1 aliphatic rings. The summed E-state index contributed by atoms with van der Waals surface area (Å²) in [6, 6.07) is 4.93. The summed E-state index contributed by atoms with van der Waals surface area (Å²) in [4.78, 5) is 19.8. The molecule has 1 aromatic carbocycles. The fraction of sp³-hybridized carbons (Fsp3) is 0.0833. The summed E-state index contributed by atoms with van der Waals surface area (Å²) in [6.07, 6.45) is 2.80. The molecular formula is C12H8ClN3O3. The van der Waals surface area contributed by atoms with Gasteiger partial charge in [0.25, 0.3) is 5.91 Å². The maximum atomic E-state index is 12.0. The lowest BCUT2D eigenvalue weighted by Gasteiger charge is -2.05. The topological polar surface area (TPSA) is 73.3 Å². The molecule has 0 spiro atoms. The van der Waals surface area contributed by atoms with Gasteiger partial charge in [0.15, 0.2) is 17.3 Å². The van der Waals surface area contributed by atoms with Gasteiger partial charge in [0, 0.05) is 5.56 Å². The van der Waals surface area contributed by atoms with Crippen LogP contribution in [-0.2, 0) is 0 Å². The Bertz CT molecular complexity index is 648. The third-order valence-corrected chi connectivity index (χ3v) is 2.66. The summed E-state index contributed by atoms with van der Waals surface area (Å²) in [5.41, 5.74) is 0.436. The van der Waals surface area contributed by atoms with Gasteiger partial charge in [-0.2, -0.15) is 0 Å². The number of anilines is 1. The van der Waals surface area contributed by atoms with E-state index in [1.54, 1.807) is 18.2 Å². The first-order chi connectivity index (χ1) is 9.22. The number of carbonyl (C=O) groups excluding carboxylic acids is 1. The molecule has 96 valence electrons. The van der Waals surface area contributed by atoms with Gasteiger partial charge in [0.2, 0.25) is 6.79 Å². The van der Waals surface area contributed by atoms with Crippen molar-refractivity contribution in [2.75, 3.05) is 12.1 Å². The van der Waals surface area contributed by atoms with Gasteiger partial charge in [0.1, 0.15) is 5.15 Å². The molecule has 0 bridgehead atoms. The van der Waals surface area contributed by atoms with E-state index in [0.29, 0.717) is 17.1 Å². The molecule has 1 aromatic heterocycles. The minimum absolute atomic E-state index is 0.167. The maximum absolute atomic E-state index is 12.0. The molecule has 1 aliphatic heterocycles. The van der Waals surface area contributed by atoms with Crippen molar-refractivity contribution in [1.29, 1.82) is 0 Å². The van der Waals surface area contributed by atoms with Gasteiger partial charge in [-0.1, -0.05) is 11.6 Å². The summed E-state index contributed by atoms with van der Waals surface area (Å²) in [6.45, 7) is 0.167. The molecule has 6 nitrogen and oxygen atoms in total. The number of benzene rings is 1. The van der Waals surface area contributed by atoms with Gasteiger partial charge < -0.3 is 14.8 Å². The van der Waals surface area contributed by atoms with Crippen LogP contribution in [-0.4, -0.2) is 22.7 Å². The molecule has 7 heteroatoms. The van der Waals surface area contributed by atoms with Crippen molar-refractivity contribution < 1.29 is 14.3 Å². The number of aromatic nitrogens is 2. The quantitative estimate of drug-likeness (QED) is 0.910. The van der Waals surface area contributed by atoms with E-state index in [9.17, 15) is 4.79 Å². The first kappa shape index (κ1) is 11.7. The Kier molecular flexibility index (Phi) is 2.92. The molecule has 1 N–H and O–H groups in total. The molecule has 0 unspecified atom stereocenters. The van der Waals surface area contributed by atoms with Crippen LogP contribution in [0.4, 0.5) is 5.82 Å². The smallest absolute Gasteiger partial charge is 0.256 e. The van der Waals surface area contributed by atoms with E-state index in [1.165, 1.54) is 12.4 Å². The monoisotopic (exact) mass is 277 g/mol. The molecule has 2 heterocycles. The predicted octanol–water partition coefficient (Wildman–Crippen LogP) is 2.11. The first-order valence-electron chi connectivity index (χ1n) is 5.41. The number of amides is 1. The van der Waals surface area contributed by atoms with Gasteiger partial charge in [-0.25, -0.2) is 4.98 Å². The van der Waals surface area contributed by atoms with E-state index in [-0.39, 0.29) is 23.7 Å². The zero-order chi connectivity index (χ0) is 13.2. The zero-order valence-electron chi connectivity index (χ0n) is 9.59. The minimum Gasteiger partial charge on any atom is -0.454 e. The van der Waals surface area contributed by atoms with Crippen LogP contribution in [0.3, 0.4) is 0 Å². The second kappa shape index (κ2) is 4.74. The van der Waals surface area contributed by atoms with Crippen LogP contribution in [0.2, 0.25) is 5.15 Å². The Hall–Kier alpha value is -2.34. The van der Waals surface area contributed by atoms with E-state index < -0.39 is 0 Å². The first-order valence-corrected chi connectivity index (χ1v) is 5.79. The van der Waals surface area contributed by atoms with Crippen LogP contribution in [0.5, 0.6) is 11.5 Å². The Morgan fingerprint density at radius 1 is 1.26 bits per heavy atom. The molecule has 2 aromatic rings. The SMILES string of the molecule is O=C(Nc1cncc(Cl)n1)c1ccc2c(c1)OCO2. The van der Waals surface area contributed by atoms with E-state index in [4.69, 9.17) is 21.1 Å². The lowest BCUT2D eigenvalue weighted by atomic mass is 10.2. The van der Waals surface area contributed by atoms with Crippen molar-refractivity contribution >= 4 is 23.3 Å². The third kappa shape index (κ3) is 2.43. The number of nitrogens with one attached hydrogen (secondary N) is 1. The van der Waals surface area contributed by atoms with Crippen LogP contribution in [0.15, 0.2) is 30.6 Å². The maximum Gasteiger partial charge on any atom is 0.256 e. The summed E-state index contributed by atoms with van der Waals surface area (Å²) in [5, 5.41) is 2.81. The molecule has 0 atom stereocenters. The highest BCUT2D eigenvalue weighted by atomic mass is 35.5. The lowest BCUT2D eigenvalue weighted by molar-refractivity contribution is 0.102. The minimum atomic E-state index is -0.324. The Morgan fingerprint density at radius 2 is 2.11 bits per heavy atom. The second-order valence-corrected chi connectivity index (χ2v) is 4.14. The molecule has 0 saturated heterocycles. The van der Waals surface area contributed by atoms with Crippen molar-refractivity contribution in [3.05, 3.63) is 41.3 Å². The van der Waals surface area contributed by atoms with Crippen LogP contribution in [0.25, 0.3) is 0 Å². The number of hydrogen-bond donors (Lipinski definition) is 1. The Morgan fingerprint density at radius 3 is 2.95 bits per heavy atom. The van der Waals surface area contributed by atoms with Gasteiger partial charge >= 0.3 is 0 Å². The van der Waals surface area contributed by atoms with Crippen molar-refractivity contribution in [1.82, 2.24) is 9.97 Å². The molecule has 0 saturated carbocycles. The fourth-order valence-electron chi connectivity index (χ4n) is 1.63. The summed E-state index contributed by atoms with van der Waals surface area (Å²) >= 11 is 5.69. The summed E-state index contributed by atoms with van der Waals surface area (Å²) in [5.74, 6) is 1.13. The van der Waals surface area contributed by atoms with E-state index >= 15 is 0 Å². The number of nitrogens with zero attached hydrogens (tertiary/aromatic N) is 2. The van der Waals surface area contributed by atoms with Crippen LogP contribution in [0, 0.1) is 0 Å². The van der Waals surface area contributed by atoms with Crippen molar-refractivity contribution in [3.63, 3.8) is 0 Å². The standard InChI is InChI=1S/C12H8ClN3O3/c13-10-4-14-5-11(15-10)16-12(17)7-1-2-8-9(3-7)19-6-18-8/h1-5H,6H2,(H,15,16,17). The van der Waals surface area contributed by atoms with Gasteiger partial charge in [-0.05, 0) is 18.2 Å².